The van der Waals surface area contributed by atoms with E-state index in [0.29, 0.717) is 0 Å². The molecule has 0 bridgehead atoms. The summed E-state index contributed by atoms with van der Waals surface area (Å²) in [7, 11) is 0. The van der Waals surface area contributed by atoms with Crippen LogP contribution in [-0.4, -0.2) is 0 Å². The lowest BCUT2D eigenvalue weighted by molar-refractivity contribution is 0.495. The molecular formula is C16H17Cl2N. The predicted molar refractivity (Wildman–Crippen MR) is 82.9 cm³/mol. The summed E-state index contributed by atoms with van der Waals surface area (Å²) in [5.74, 6) is 0. The SMILES string of the molecule is CC(N[C@H](C)c1cccc(Cl)c1)c1ccc(Cl)cc1. The summed E-state index contributed by atoms with van der Waals surface area (Å²) in [5, 5.41) is 5.09. The fourth-order valence-electron chi connectivity index (χ4n) is 2.09. The molecule has 2 aromatic rings. The number of benzene rings is 2. The van der Waals surface area contributed by atoms with E-state index in [4.69, 9.17) is 23.2 Å². The Labute approximate surface area is 124 Å². The molecule has 0 heterocycles. The minimum absolute atomic E-state index is 0.240. The Morgan fingerprint density at radius 1 is 0.789 bits per heavy atom. The predicted octanol–water partition coefficient (Wildman–Crippen LogP) is 5.41. The molecule has 0 spiro atoms. The van der Waals surface area contributed by atoms with Gasteiger partial charge in [-0.1, -0.05) is 47.5 Å². The van der Waals surface area contributed by atoms with Crippen LogP contribution in [0.1, 0.15) is 37.1 Å². The lowest BCUT2D eigenvalue weighted by atomic mass is 10.0. The molecule has 0 saturated heterocycles. The van der Waals surface area contributed by atoms with Crippen LogP contribution < -0.4 is 5.32 Å². The molecule has 2 aromatic carbocycles. The molecule has 0 aromatic heterocycles. The van der Waals surface area contributed by atoms with Gasteiger partial charge in [0.2, 0.25) is 0 Å². The number of hydrogen-bond donors (Lipinski definition) is 1. The zero-order chi connectivity index (χ0) is 13.8. The van der Waals surface area contributed by atoms with Gasteiger partial charge in [0.1, 0.15) is 0 Å². The minimum Gasteiger partial charge on any atom is -0.304 e. The number of rotatable bonds is 4. The van der Waals surface area contributed by atoms with Crippen LogP contribution in [0.4, 0.5) is 0 Å². The van der Waals surface area contributed by atoms with E-state index < -0.39 is 0 Å². The van der Waals surface area contributed by atoms with Gasteiger partial charge in [-0.25, -0.2) is 0 Å². The van der Waals surface area contributed by atoms with Gasteiger partial charge >= 0.3 is 0 Å². The van der Waals surface area contributed by atoms with E-state index in [2.05, 4.69) is 25.2 Å². The Morgan fingerprint density at radius 3 is 2.05 bits per heavy atom. The van der Waals surface area contributed by atoms with Crippen molar-refractivity contribution in [2.75, 3.05) is 0 Å². The summed E-state index contributed by atoms with van der Waals surface area (Å²) in [6, 6.07) is 16.4. The molecule has 0 amide bonds. The minimum atomic E-state index is 0.240. The second-order valence-electron chi connectivity index (χ2n) is 4.72. The first-order valence-electron chi connectivity index (χ1n) is 6.33. The molecule has 0 saturated carbocycles. The largest absolute Gasteiger partial charge is 0.304 e. The molecule has 1 nitrogen and oxygen atoms in total. The average molecular weight is 294 g/mol. The molecule has 1 unspecified atom stereocenters. The highest BCUT2D eigenvalue weighted by atomic mass is 35.5. The van der Waals surface area contributed by atoms with Gasteiger partial charge in [0.25, 0.3) is 0 Å². The van der Waals surface area contributed by atoms with Crippen molar-refractivity contribution in [1.82, 2.24) is 5.32 Å². The third-order valence-corrected chi connectivity index (χ3v) is 3.71. The van der Waals surface area contributed by atoms with E-state index in [-0.39, 0.29) is 12.1 Å². The summed E-state index contributed by atoms with van der Waals surface area (Å²) in [4.78, 5) is 0. The fraction of sp³-hybridized carbons (Fsp3) is 0.250. The van der Waals surface area contributed by atoms with Crippen molar-refractivity contribution in [2.24, 2.45) is 0 Å². The lowest BCUT2D eigenvalue weighted by Crippen LogP contribution is -2.22. The second kappa shape index (κ2) is 6.42. The first kappa shape index (κ1) is 14.4. The van der Waals surface area contributed by atoms with Crippen LogP contribution in [0.2, 0.25) is 10.0 Å². The third kappa shape index (κ3) is 3.97. The molecule has 1 N–H and O–H groups in total. The van der Waals surface area contributed by atoms with E-state index in [1.54, 1.807) is 0 Å². The molecule has 0 fully saturated rings. The zero-order valence-electron chi connectivity index (χ0n) is 11.0. The van der Waals surface area contributed by atoms with E-state index in [1.165, 1.54) is 11.1 Å². The van der Waals surface area contributed by atoms with Crippen LogP contribution in [-0.2, 0) is 0 Å². The molecule has 0 aliphatic carbocycles. The van der Waals surface area contributed by atoms with E-state index >= 15 is 0 Å². The second-order valence-corrected chi connectivity index (χ2v) is 5.59. The third-order valence-electron chi connectivity index (χ3n) is 3.22. The first-order valence-corrected chi connectivity index (χ1v) is 7.09. The summed E-state index contributed by atoms with van der Waals surface area (Å²) in [6.45, 7) is 4.28. The van der Waals surface area contributed by atoms with Gasteiger partial charge in [-0.3, -0.25) is 0 Å². The van der Waals surface area contributed by atoms with Gasteiger partial charge in [0.15, 0.2) is 0 Å². The van der Waals surface area contributed by atoms with Crippen molar-refractivity contribution in [3.8, 4) is 0 Å². The molecule has 0 aliphatic heterocycles. The monoisotopic (exact) mass is 293 g/mol. The Bertz CT molecular complexity index is 537. The van der Waals surface area contributed by atoms with Crippen LogP contribution in [0, 0.1) is 0 Å². The average Bonchev–Trinajstić information content (AvgIpc) is 2.39. The van der Waals surface area contributed by atoms with Crippen LogP contribution >= 0.6 is 23.2 Å². The smallest absolute Gasteiger partial charge is 0.0409 e. The maximum absolute atomic E-state index is 6.02. The van der Waals surface area contributed by atoms with Gasteiger partial charge in [0, 0.05) is 22.1 Å². The Hall–Kier alpha value is -1.02. The van der Waals surface area contributed by atoms with E-state index in [0.717, 1.165) is 10.0 Å². The highest BCUT2D eigenvalue weighted by Gasteiger charge is 2.11. The Kier molecular flexibility index (Phi) is 4.87. The Morgan fingerprint density at radius 2 is 1.42 bits per heavy atom. The van der Waals surface area contributed by atoms with E-state index in [9.17, 15) is 0 Å². The zero-order valence-corrected chi connectivity index (χ0v) is 12.5. The van der Waals surface area contributed by atoms with Crippen LogP contribution in [0.25, 0.3) is 0 Å². The topological polar surface area (TPSA) is 12.0 Å². The van der Waals surface area contributed by atoms with Crippen LogP contribution in [0.3, 0.4) is 0 Å². The molecule has 19 heavy (non-hydrogen) atoms. The van der Waals surface area contributed by atoms with Gasteiger partial charge in [-0.2, -0.15) is 0 Å². The number of halogens is 2. The number of nitrogens with one attached hydrogen (secondary N) is 1. The van der Waals surface area contributed by atoms with Crippen molar-refractivity contribution < 1.29 is 0 Å². The molecule has 100 valence electrons. The van der Waals surface area contributed by atoms with Crippen molar-refractivity contribution in [3.63, 3.8) is 0 Å². The summed E-state index contributed by atoms with van der Waals surface area (Å²) in [6.07, 6.45) is 0. The van der Waals surface area contributed by atoms with Crippen molar-refractivity contribution in [2.45, 2.75) is 25.9 Å². The molecule has 2 atom stereocenters. The van der Waals surface area contributed by atoms with Crippen molar-refractivity contribution in [3.05, 3.63) is 69.7 Å². The van der Waals surface area contributed by atoms with Crippen molar-refractivity contribution >= 4 is 23.2 Å². The van der Waals surface area contributed by atoms with Gasteiger partial charge in [-0.15, -0.1) is 0 Å². The standard InChI is InChI=1S/C16H17Cl2N/c1-11(13-6-8-15(17)9-7-13)19-12(2)14-4-3-5-16(18)10-14/h3-12,19H,1-2H3/t11?,12-/m1/s1. The fourth-order valence-corrected chi connectivity index (χ4v) is 2.42. The molecule has 3 heteroatoms. The highest BCUT2D eigenvalue weighted by Crippen LogP contribution is 2.22. The number of hydrogen-bond acceptors (Lipinski definition) is 1. The van der Waals surface area contributed by atoms with Crippen molar-refractivity contribution in [1.29, 1.82) is 0 Å². The lowest BCUT2D eigenvalue weighted by Gasteiger charge is -2.21. The molecule has 0 aliphatic rings. The maximum atomic E-state index is 6.02. The van der Waals surface area contributed by atoms with Crippen LogP contribution in [0.5, 0.6) is 0 Å². The summed E-state index contributed by atoms with van der Waals surface area (Å²) >= 11 is 11.9. The first-order chi connectivity index (χ1) is 9.06. The van der Waals surface area contributed by atoms with Gasteiger partial charge in [-0.05, 0) is 49.2 Å². The maximum Gasteiger partial charge on any atom is 0.0409 e. The Balaban J connectivity index is 2.06. The normalized spacial score (nSPS) is 14.1. The van der Waals surface area contributed by atoms with Crippen LogP contribution in [0.15, 0.2) is 48.5 Å². The summed E-state index contributed by atoms with van der Waals surface area (Å²) < 4.78 is 0. The molecule has 0 radical (unpaired) electrons. The van der Waals surface area contributed by atoms with Gasteiger partial charge in [0.05, 0.1) is 0 Å². The quantitative estimate of drug-likeness (QED) is 0.795. The van der Waals surface area contributed by atoms with E-state index in [1.807, 2.05) is 42.5 Å². The molecular weight excluding hydrogens is 277 g/mol. The van der Waals surface area contributed by atoms with Gasteiger partial charge < -0.3 is 5.32 Å². The highest BCUT2D eigenvalue weighted by molar-refractivity contribution is 6.30. The summed E-state index contributed by atoms with van der Waals surface area (Å²) in [5.41, 5.74) is 2.41. The molecule has 2 rings (SSSR count).